The van der Waals surface area contributed by atoms with Gasteiger partial charge in [0.1, 0.15) is 5.75 Å². The summed E-state index contributed by atoms with van der Waals surface area (Å²) in [6, 6.07) is 8.14. The first-order valence-electron chi connectivity index (χ1n) is 8.94. The molecule has 24 heavy (non-hydrogen) atoms. The van der Waals surface area contributed by atoms with E-state index in [0.717, 1.165) is 24.8 Å². The predicted octanol–water partition coefficient (Wildman–Crippen LogP) is 2.43. The summed E-state index contributed by atoms with van der Waals surface area (Å²) in [4.78, 5) is 9.15. The van der Waals surface area contributed by atoms with E-state index in [2.05, 4.69) is 40.1 Å². The maximum Gasteiger partial charge on any atom is 0.193 e. The topological polar surface area (TPSA) is 40.1 Å². The number of nitrogens with zero attached hydrogens (tertiary/aromatic N) is 3. The summed E-state index contributed by atoms with van der Waals surface area (Å²) in [5.74, 6) is 2.58. The minimum absolute atomic E-state index is 0.716. The van der Waals surface area contributed by atoms with Gasteiger partial charge in [0, 0.05) is 39.3 Å². The van der Waals surface area contributed by atoms with Crippen molar-refractivity contribution < 1.29 is 4.74 Å². The Hall–Kier alpha value is -1.75. The molecule has 5 nitrogen and oxygen atoms in total. The summed E-state index contributed by atoms with van der Waals surface area (Å²) in [5, 5.41) is 3.54. The van der Waals surface area contributed by atoms with Crippen LogP contribution < -0.4 is 10.1 Å². The highest BCUT2D eigenvalue weighted by atomic mass is 16.5. The molecule has 0 saturated carbocycles. The number of ether oxygens (including phenoxy) is 1. The minimum Gasteiger partial charge on any atom is -0.496 e. The quantitative estimate of drug-likeness (QED) is 0.615. The molecule has 1 saturated heterocycles. The van der Waals surface area contributed by atoms with Crippen LogP contribution in [0, 0.1) is 5.92 Å². The van der Waals surface area contributed by atoms with Crippen molar-refractivity contribution in [1.29, 1.82) is 0 Å². The Morgan fingerprint density at radius 3 is 2.92 bits per heavy atom. The molecule has 1 heterocycles. The third-order valence-corrected chi connectivity index (χ3v) is 4.63. The number of benzene rings is 1. The first kappa shape index (κ1) is 18.6. The van der Waals surface area contributed by atoms with Crippen molar-refractivity contribution in [3.05, 3.63) is 29.8 Å². The number of para-hydroxylation sites is 1. The highest BCUT2D eigenvalue weighted by molar-refractivity contribution is 5.79. The molecule has 0 aromatic heterocycles. The summed E-state index contributed by atoms with van der Waals surface area (Å²) >= 11 is 0. The lowest BCUT2D eigenvalue weighted by Crippen LogP contribution is -2.41. The summed E-state index contributed by atoms with van der Waals surface area (Å²) in [6.07, 6.45) is 2.52. The van der Waals surface area contributed by atoms with Crippen molar-refractivity contribution >= 4 is 5.96 Å². The maximum absolute atomic E-state index is 5.44. The first-order chi connectivity index (χ1) is 11.7. The molecule has 0 radical (unpaired) electrons. The lowest BCUT2D eigenvalue weighted by atomic mass is 10.1. The van der Waals surface area contributed by atoms with E-state index in [1.807, 2.05) is 25.2 Å². The fourth-order valence-electron chi connectivity index (χ4n) is 3.38. The Balaban J connectivity index is 1.85. The molecule has 1 fully saturated rings. The predicted molar refractivity (Wildman–Crippen MR) is 101 cm³/mol. The molecule has 1 aliphatic heterocycles. The Morgan fingerprint density at radius 1 is 1.42 bits per heavy atom. The van der Waals surface area contributed by atoms with Crippen LogP contribution in [0.3, 0.4) is 0 Å². The largest absolute Gasteiger partial charge is 0.496 e. The normalized spacial score (nSPS) is 18.7. The van der Waals surface area contributed by atoms with Crippen molar-refractivity contribution in [2.24, 2.45) is 10.9 Å². The highest BCUT2D eigenvalue weighted by Gasteiger charge is 2.22. The van der Waals surface area contributed by atoms with Gasteiger partial charge in [-0.15, -0.1) is 0 Å². The van der Waals surface area contributed by atoms with Gasteiger partial charge < -0.3 is 19.9 Å². The third kappa shape index (κ3) is 5.13. The van der Waals surface area contributed by atoms with Crippen LogP contribution in [0.1, 0.15) is 25.3 Å². The summed E-state index contributed by atoms with van der Waals surface area (Å²) in [7, 11) is 5.63. The van der Waals surface area contributed by atoms with E-state index in [4.69, 9.17) is 4.74 Å². The van der Waals surface area contributed by atoms with E-state index in [9.17, 15) is 0 Å². The molecule has 0 aliphatic carbocycles. The van der Waals surface area contributed by atoms with Crippen LogP contribution >= 0.6 is 0 Å². The zero-order valence-corrected chi connectivity index (χ0v) is 15.6. The summed E-state index contributed by atoms with van der Waals surface area (Å²) in [5.41, 5.74) is 1.17. The molecule has 2 rings (SSSR count). The molecule has 134 valence electrons. The average Bonchev–Trinajstić information content (AvgIpc) is 3.04. The molecule has 0 amide bonds. The lowest BCUT2D eigenvalue weighted by molar-refractivity contribution is 0.324. The van der Waals surface area contributed by atoms with Crippen LogP contribution in [0.25, 0.3) is 0 Å². The second kappa shape index (κ2) is 9.52. The standard InChI is InChI=1S/C19H32N4O/c1-5-11-23-12-10-16(14-23)13-21-19(20-2)22(3)15-17-8-6-7-9-18(17)24-4/h6-9,16H,5,10-15H2,1-4H3,(H,20,21). The van der Waals surface area contributed by atoms with Crippen LogP contribution in [0.5, 0.6) is 5.75 Å². The molecule has 1 aromatic rings. The van der Waals surface area contributed by atoms with E-state index in [1.54, 1.807) is 7.11 Å². The van der Waals surface area contributed by atoms with Crippen molar-refractivity contribution in [3.63, 3.8) is 0 Å². The third-order valence-electron chi connectivity index (χ3n) is 4.63. The number of guanidine groups is 1. The fraction of sp³-hybridized carbons (Fsp3) is 0.632. The number of hydrogen-bond donors (Lipinski definition) is 1. The van der Waals surface area contributed by atoms with Crippen LogP contribution in [-0.2, 0) is 6.54 Å². The maximum atomic E-state index is 5.44. The van der Waals surface area contributed by atoms with Gasteiger partial charge in [-0.2, -0.15) is 0 Å². The molecular weight excluding hydrogens is 300 g/mol. The summed E-state index contributed by atoms with van der Waals surface area (Å²) < 4.78 is 5.44. The van der Waals surface area contributed by atoms with Gasteiger partial charge in [-0.3, -0.25) is 4.99 Å². The Morgan fingerprint density at radius 2 is 2.21 bits per heavy atom. The van der Waals surface area contributed by atoms with E-state index < -0.39 is 0 Å². The monoisotopic (exact) mass is 332 g/mol. The van der Waals surface area contributed by atoms with E-state index in [1.165, 1.54) is 38.0 Å². The lowest BCUT2D eigenvalue weighted by Gasteiger charge is -2.24. The smallest absolute Gasteiger partial charge is 0.193 e. The second-order valence-electron chi connectivity index (χ2n) is 6.55. The first-order valence-corrected chi connectivity index (χ1v) is 8.94. The summed E-state index contributed by atoms with van der Waals surface area (Å²) in [6.45, 7) is 7.67. The number of hydrogen-bond acceptors (Lipinski definition) is 3. The fourth-order valence-corrected chi connectivity index (χ4v) is 3.38. The van der Waals surface area contributed by atoms with Gasteiger partial charge in [-0.1, -0.05) is 25.1 Å². The molecule has 0 bridgehead atoms. The highest BCUT2D eigenvalue weighted by Crippen LogP contribution is 2.19. The molecular formula is C19H32N4O. The second-order valence-corrected chi connectivity index (χ2v) is 6.55. The molecule has 1 atom stereocenters. The number of aliphatic imine (C=N–C) groups is 1. The van der Waals surface area contributed by atoms with Gasteiger partial charge in [-0.05, 0) is 37.9 Å². The molecule has 1 aliphatic rings. The van der Waals surface area contributed by atoms with E-state index in [0.29, 0.717) is 5.92 Å². The number of rotatable bonds is 7. The van der Waals surface area contributed by atoms with E-state index >= 15 is 0 Å². The van der Waals surface area contributed by atoms with Crippen molar-refractivity contribution in [2.75, 3.05) is 47.4 Å². The average molecular weight is 332 g/mol. The molecule has 1 aromatic carbocycles. The number of likely N-dealkylation sites (tertiary alicyclic amines) is 1. The van der Waals surface area contributed by atoms with Gasteiger partial charge in [0.15, 0.2) is 5.96 Å². The Bertz CT molecular complexity index is 532. The molecule has 1 N–H and O–H groups in total. The molecule has 5 heteroatoms. The van der Waals surface area contributed by atoms with Crippen molar-refractivity contribution in [3.8, 4) is 5.75 Å². The number of nitrogens with one attached hydrogen (secondary N) is 1. The van der Waals surface area contributed by atoms with Gasteiger partial charge in [-0.25, -0.2) is 0 Å². The van der Waals surface area contributed by atoms with Gasteiger partial charge in [0.05, 0.1) is 7.11 Å². The molecule has 0 spiro atoms. The van der Waals surface area contributed by atoms with Gasteiger partial charge in [0.2, 0.25) is 0 Å². The zero-order chi connectivity index (χ0) is 17.4. The Labute approximate surface area is 146 Å². The SMILES string of the molecule is CCCN1CCC(CNC(=NC)N(C)Cc2ccccc2OC)C1. The van der Waals surface area contributed by atoms with Crippen LogP contribution in [-0.4, -0.2) is 63.1 Å². The van der Waals surface area contributed by atoms with Crippen molar-refractivity contribution in [1.82, 2.24) is 15.1 Å². The number of methoxy groups -OCH3 is 1. The van der Waals surface area contributed by atoms with Gasteiger partial charge >= 0.3 is 0 Å². The Kier molecular flexibility index (Phi) is 7.37. The van der Waals surface area contributed by atoms with Gasteiger partial charge in [0.25, 0.3) is 0 Å². The van der Waals surface area contributed by atoms with Crippen LogP contribution in [0.4, 0.5) is 0 Å². The van der Waals surface area contributed by atoms with Crippen LogP contribution in [0.15, 0.2) is 29.3 Å². The molecule has 1 unspecified atom stereocenters. The van der Waals surface area contributed by atoms with Crippen molar-refractivity contribution in [2.45, 2.75) is 26.3 Å². The zero-order valence-electron chi connectivity index (χ0n) is 15.6. The van der Waals surface area contributed by atoms with Crippen LogP contribution in [0.2, 0.25) is 0 Å². The van der Waals surface area contributed by atoms with E-state index in [-0.39, 0.29) is 0 Å². The minimum atomic E-state index is 0.716.